The second-order valence-electron chi connectivity index (χ2n) is 4.64. The van der Waals surface area contributed by atoms with Crippen molar-refractivity contribution < 1.29 is 9.90 Å². The number of benzene rings is 1. The number of carbonyl (C=O) groups is 1. The maximum Gasteiger partial charge on any atom is 0.308 e. The van der Waals surface area contributed by atoms with Gasteiger partial charge in [-0.15, -0.1) is 0 Å². The summed E-state index contributed by atoms with van der Waals surface area (Å²) in [5.74, 6) is -0.293. The molecule has 0 bridgehead atoms. The predicted octanol–water partition coefficient (Wildman–Crippen LogP) is 2.03. The molecule has 2 aromatic rings. The summed E-state index contributed by atoms with van der Waals surface area (Å²) >= 11 is 0. The Morgan fingerprint density at radius 1 is 1.56 bits per heavy atom. The van der Waals surface area contributed by atoms with Crippen LogP contribution in [0.3, 0.4) is 0 Å². The molecule has 0 amide bonds. The number of rotatable bonds is 4. The third kappa shape index (κ3) is 2.45. The molecule has 0 aliphatic rings. The lowest BCUT2D eigenvalue weighted by molar-refractivity contribution is -0.140. The number of aliphatic carboxylic acids is 1. The molecule has 0 spiro atoms. The largest absolute Gasteiger partial charge is 0.481 e. The van der Waals surface area contributed by atoms with E-state index < -0.39 is 11.9 Å². The Bertz CT molecular complexity index is 577. The van der Waals surface area contributed by atoms with E-state index in [1.807, 2.05) is 37.1 Å². The summed E-state index contributed by atoms with van der Waals surface area (Å²) in [5, 5.41) is 8.91. The summed E-state index contributed by atoms with van der Waals surface area (Å²) in [7, 11) is 1.89. The Labute approximate surface area is 105 Å². The minimum Gasteiger partial charge on any atom is -0.481 e. The second-order valence-corrected chi connectivity index (χ2v) is 4.64. The van der Waals surface area contributed by atoms with Gasteiger partial charge < -0.3 is 15.0 Å². The Kier molecular flexibility index (Phi) is 3.23. The SMILES string of the molecule is Cc1nc2ccc(N(C)CC(C)C(=O)O)cc2[nH]1. The molecule has 1 aromatic carbocycles. The van der Waals surface area contributed by atoms with E-state index in [2.05, 4.69) is 9.97 Å². The molecule has 0 fully saturated rings. The average Bonchev–Trinajstić information content (AvgIpc) is 2.67. The monoisotopic (exact) mass is 247 g/mol. The van der Waals surface area contributed by atoms with Gasteiger partial charge in [0.25, 0.3) is 0 Å². The van der Waals surface area contributed by atoms with Crippen molar-refractivity contribution in [3.8, 4) is 0 Å². The molecule has 0 aliphatic heterocycles. The number of aryl methyl sites for hydroxylation is 1. The number of hydrogen-bond donors (Lipinski definition) is 2. The third-order valence-electron chi connectivity index (χ3n) is 2.99. The van der Waals surface area contributed by atoms with E-state index in [0.717, 1.165) is 22.5 Å². The first-order valence-corrected chi connectivity index (χ1v) is 5.87. The maximum absolute atomic E-state index is 10.8. The van der Waals surface area contributed by atoms with Gasteiger partial charge in [0.05, 0.1) is 17.0 Å². The van der Waals surface area contributed by atoms with Crippen molar-refractivity contribution in [1.29, 1.82) is 0 Å². The summed E-state index contributed by atoms with van der Waals surface area (Å²) < 4.78 is 0. The van der Waals surface area contributed by atoms with E-state index in [1.54, 1.807) is 6.92 Å². The van der Waals surface area contributed by atoms with Crippen molar-refractivity contribution in [2.45, 2.75) is 13.8 Å². The first-order chi connectivity index (χ1) is 8.47. The Balaban J connectivity index is 2.22. The molecule has 1 atom stereocenters. The van der Waals surface area contributed by atoms with Crippen LogP contribution in [-0.2, 0) is 4.79 Å². The van der Waals surface area contributed by atoms with Gasteiger partial charge in [-0.05, 0) is 25.1 Å². The van der Waals surface area contributed by atoms with Gasteiger partial charge in [0.15, 0.2) is 0 Å². The van der Waals surface area contributed by atoms with Crippen LogP contribution >= 0.6 is 0 Å². The van der Waals surface area contributed by atoms with Gasteiger partial charge in [-0.1, -0.05) is 6.92 Å². The normalized spacial score (nSPS) is 12.6. The predicted molar refractivity (Wildman–Crippen MR) is 70.9 cm³/mol. The van der Waals surface area contributed by atoms with Crippen LogP contribution in [-0.4, -0.2) is 34.6 Å². The molecule has 2 N–H and O–H groups in total. The summed E-state index contributed by atoms with van der Waals surface area (Å²) in [6, 6.07) is 5.89. The highest BCUT2D eigenvalue weighted by atomic mass is 16.4. The van der Waals surface area contributed by atoms with Crippen molar-refractivity contribution >= 4 is 22.7 Å². The summed E-state index contributed by atoms with van der Waals surface area (Å²) in [6.07, 6.45) is 0. The Morgan fingerprint density at radius 3 is 2.94 bits per heavy atom. The average molecular weight is 247 g/mol. The lowest BCUT2D eigenvalue weighted by Gasteiger charge is -2.21. The van der Waals surface area contributed by atoms with Gasteiger partial charge in [0.1, 0.15) is 5.82 Å². The fourth-order valence-corrected chi connectivity index (χ4v) is 1.96. The molecule has 1 heterocycles. The number of hydrogen-bond acceptors (Lipinski definition) is 3. The van der Waals surface area contributed by atoms with Crippen LogP contribution in [0.4, 0.5) is 5.69 Å². The van der Waals surface area contributed by atoms with Crippen LogP contribution in [0, 0.1) is 12.8 Å². The first-order valence-electron chi connectivity index (χ1n) is 5.87. The fourth-order valence-electron chi connectivity index (χ4n) is 1.96. The molecule has 0 saturated carbocycles. The molecule has 0 aliphatic carbocycles. The summed E-state index contributed by atoms with van der Waals surface area (Å²) in [6.45, 7) is 4.10. The van der Waals surface area contributed by atoms with Crippen molar-refractivity contribution in [2.75, 3.05) is 18.5 Å². The number of carboxylic acid groups (broad SMARTS) is 1. The molecule has 18 heavy (non-hydrogen) atoms. The van der Waals surface area contributed by atoms with Crippen LogP contribution in [0.15, 0.2) is 18.2 Å². The number of carboxylic acids is 1. The molecule has 0 saturated heterocycles. The Morgan fingerprint density at radius 2 is 2.28 bits per heavy atom. The van der Waals surface area contributed by atoms with Gasteiger partial charge in [-0.2, -0.15) is 0 Å². The molecular weight excluding hydrogens is 230 g/mol. The van der Waals surface area contributed by atoms with Crippen molar-refractivity contribution in [3.05, 3.63) is 24.0 Å². The lowest BCUT2D eigenvalue weighted by Crippen LogP contribution is -2.28. The van der Waals surface area contributed by atoms with Crippen LogP contribution in [0.5, 0.6) is 0 Å². The molecule has 1 unspecified atom stereocenters. The molecule has 5 nitrogen and oxygen atoms in total. The number of aromatic amines is 1. The Hall–Kier alpha value is -2.04. The van der Waals surface area contributed by atoms with Crippen molar-refractivity contribution in [3.63, 3.8) is 0 Å². The van der Waals surface area contributed by atoms with Crippen molar-refractivity contribution in [1.82, 2.24) is 9.97 Å². The number of imidazole rings is 1. The zero-order chi connectivity index (χ0) is 13.3. The number of anilines is 1. The first kappa shape index (κ1) is 12.4. The van der Waals surface area contributed by atoms with Crippen LogP contribution in [0.1, 0.15) is 12.7 Å². The lowest BCUT2D eigenvalue weighted by atomic mass is 10.1. The molecule has 2 rings (SSSR count). The topological polar surface area (TPSA) is 69.2 Å². The molecule has 5 heteroatoms. The van der Waals surface area contributed by atoms with Gasteiger partial charge in [-0.3, -0.25) is 4.79 Å². The van der Waals surface area contributed by atoms with E-state index in [4.69, 9.17) is 5.11 Å². The highest BCUT2D eigenvalue weighted by Crippen LogP contribution is 2.20. The van der Waals surface area contributed by atoms with Gasteiger partial charge in [-0.25, -0.2) is 4.98 Å². The van der Waals surface area contributed by atoms with Crippen LogP contribution < -0.4 is 4.90 Å². The van der Waals surface area contributed by atoms with E-state index >= 15 is 0 Å². The molecular formula is C13H17N3O2. The molecule has 1 aromatic heterocycles. The molecule has 96 valence electrons. The third-order valence-corrected chi connectivity index (χ3v) is 2.99. The zero-order valence-corrected chi connectivity index (χ0v) is 10.8. The zero-order valence-electron chi connectivity index (χ0n) is 10.8. The van der Waals surface area contributed by atoms with E-state index in [1.165, 1.54) is 0 Å². The number of aromatic nitrogens is 2. The van der Waals surface area contributed by atoms with E-state index in [-0.39, 0.29) is 0 Å². The highest BCUT2D eigenvalue weighted by Gasteiger charge is 2.14. The maximum atomic E-state index is 10.8. The van der Waals surface area contributed by atoms with Crippen LogP contribution in [0.25, 0.3) is 11.0 Å². The number of fused-ring (bicyclic) bond motifs is 1. The van der Waals surface area contributed by atoms with Crippen LogP contribution in [0.2, 0.25) is 0 Å². The second kappa shape index (κ2) is 4.68. The minimum absolute atomic E-state index is 0.394. The summed E-state index contributed by atoms with van der Waals surface area (Å²) in [4.78, 5) is 20.3. The standard InChI is InChI=1S/C13H17N3O2/c1-8(13(17)18)7-16(3)10-4-5-11-12(6-10)15-9(2)14-11/h4-6,8H,7H2,1-3H3,(H,14,15)(H,17,18). The van der Waals surface area contributed by atoms with E-state index in [9.17, 15) is 4.79 Å². The molecule has 0 radical (unpaired) electrons. The number of H-pyrrole nitrogens is 1. The highest BCUT2D eigenvalue weighted by molar-refractivity contribution is 5.79. The number of nitrogens with one attached hydrogen (secondary N) is 1. The van der Waals surface area contributed by atoms with Gasteiger partial charge in [0.2, 0.25) is 0 Å². The minimum atomic E-state index is -0.777. The van der Waals surface area contributed by atoms with Gasteiger partial charge >= 0.3 is 5.97 Å². The number of nitrogens with zero attached hydrogens (tertiary/aromatic N) is 2. The smallest absolute Gasteiger partial charge is 0.308 e. The quantitative estimate of drug-likeness (QED) is 0.867. The van der Waals surface area contributed by atoms with Crippen molar-refractivity contribution in [2.24, 2.45) is 5.92 Å². The fraction of sp³-hybridized carbons (Fsp3) is 0.385. The van der Waals surface area contributed by atoms with Gasteiger partial charge in [0, 0.05) is 19.3 Å². The summed E-state index contributed by atoms with van der Waals surface area (Å²) in [5.41, 5.74) is 2.88. The van der Waals surface area contributed by atoms with E-state index in [0.29, 0.717) is 6.54 Å².